The molecule has 22 heavy (non-hydrogen) atoms. The monoisotopic (exact) mass is 297 g/mol. The van der Waals surface area contributed by atoms with Crippen molar-refractivity contribution in [3.8, 4) is 11.1 Å². The first-order valence-electron chi connectivity index (χ1n) is 7.57. The number of benzene rings is 2. The summed E-state index contributed by atoms with van der Waals surface area (Å²) in [4.78, 5) is 12.5. The third kappa shape index (κ3) is 3.74. The van der Waals surface area contributed by atoms with E-state index < -0.39 is 5.60 Å². The van der Waals surface area contributed by atoms with Crippen LogP contribution in [0.2, 0.25) is 0 Å². The minimum Gasteiger partial charge on any atom is -0.388 e. The minimum absolute atomic E-state index is 0.0668. The summed E-state index contributed by atoms with van der Waals surface area (Å²) in [5.41, 5.74) is 1.60. The van der Waals surface area contributed by atoms with Gasteiger partial charge in [-0.05, 0) is 30.0 Å². The fourth-order valence-electron chi connectivity index (χ4n) is 2.11. The highest BCUT2D eigenvalue weighted by Crippen LogP contribution is 2.23. The van der Waals surface area contributed by atoms with Crippen LogP contribution < -0.4 is 5.32 Å². The summed E-state index contributed by atoms with van der Waals surface area (Å²) in [5, 5.41) is 13.1. The van der Waals surface area contributed by atoms with Crippen molar-refractivity contribution >= 4 is 5.91 Å². The van der Waals surface area contributed by atoms with Crippen LogP contribution >= 0.6 is 0 Å². The summed E-state index contributed by atoms with van der Waals surface area (Å²) >= 11 is 0. The maximum atomic E-state index is 12.5. The van der Waals surface area contributed by atoms with E-state index in [1.807, 2.05) is 68.4 Å². The lowest BCUT2D eigenvalue weighted by Gasteiger charge is -2.28. The van der Waals surface area contributed by atoms with Crippen molar-refractivity contribution in [1.29, 1.82) is 0 Å². The number of rotatable bonds is 5. The quantitative estimate of drug-likeness (QED) is 0.887. The highest BCUT2D eigenvalue weighted by Gasteiger charge is 2.25. The number of hydrogen-bond donors (Lipinski definition) is 2. The van der Waals surface area contributed by atoms with Crippen LogP contribution in [-0.2, 0) is 0 Å². The van der Waals surface area contributed by atoms with Crippen molar-refractivity contribution in [3.05, 3.63) is 60.2 Å². The zero-order chi connectivity index (χ0) is 16.2. The van der Waals surface area contributed by atoms with E-state index in [1.165, 1.54) is 0 Å². The zero-order valence-electron chi connectivity index (χ0n) is 13.3. The maximum Gasteiger partial charge on any atom is 0.252 e. The van der Waals surface area contributed by atoms with Crippen LogP contribution in [0.4, 0.5) is 0 Å². The topological polar surface area (TPSA) is 49.3 Å². The zero-order valence-corrected chi connectivity index (χ0v) is 13.3. The van der Waals surface area contributed by atoms with Gasteiger partial charge in [-0.15, -0.1) is 0 Å². The molecule has 0 spiro atoms. The second kappa shape index (κ2) is 6.75. The van der Waals surface area contributed by atoms with Crippen molar-refractivity contribution in [2.24, 2.45) is 5.92 Å². The van der Waals surface area contributed by atoms with Crippen molar-refractivity contribution in [2.75, 3.05) is 6.54 Å². The Bertz CT molecular complexity index is 633. The van der Waals surface area contributed by atoms with E-state index in [0.29, 0.717) is 5.56 Å². The average Bonchev–Trinajstić information content (AvgIpc) is 2.53. The summed E-state index contributed by atoms with van der Waals surface area (Å²) in [6, 6.07) is 17.3. The van der Waals surface area contributed by atoms with Crippen molar-refractivity contribution in [3.63, 3.8) is 0 Å². The Hall–Kier alpha value is -2.13. The molecule has 116 valence electrons. The highest BCUT2D eigenvalue weighted by molar-refractivity contribution is 6.00. The Morgan fingerprint density at radius 1 is 1.09 bits per heavy atom. The molecule has 0 radical (unpaired) electrons. The summed E-state index contributed by atoms with van der Waals surface area (Å²) < 4.78 is 0. The Labute approximate surface area is 132 Å². The number of amides is 1. The standard InChI is InChI=1S/C19H23NO2/c1-14(2)19(3,22)13-20-18(21)17-12-8-7-11-16(17)15-9-5-4-6-10-15/h4-12,14,22H,13H2,1-3H3,(H,20,21). The fourth-order valence-corrected chi connectivity index (χ4v) is 2.11. The Morgan fingerprint density at radius 3 is 2.32 bits per heavy atom. The van der Waals surface area contributed by atoms with Gasteiger partial charge in [0, 0.05) is 12.1 Å². The van der Waals surface area contributed by atoms with Crippen LogP contribution in [-0.4, -0.2) is 23.2 Å². The number of hydrogen-bond acceptors (Lipinski definition) is 2. The third-order valence-corrected chi connectivity index (χ3v) is 4.11. The van der Waals surface area contributed by atoms with Gasteiger partial charge in [-0.1, -0.05) is 62.4 Å². The van der Waals surface area contributed by atoms with Gasteiger partial charge in [0.2, 0.25) is 0 Å². The lowest BCUT2D eigenvalue weighted by molar-refractivity contribution is 0.0142. The molecule has 2 aromatic carbocycles. The first kappa shape index (κ1) is 16.2. The van der Waals surface area contributed by atoms with Gasteiger partial charge in [0.1, 0.15) is 0 Å². The number of nitrogens with one attached hydrogen (secondary N) is 1. The van der Waals surface area contributed by atoms with E-state index in [9.17, 15) is 9.90 Å². The number of carbonyl (C=O) groups excluding carboxylic acids is 1. The van der Waals surface area contributed by atoms with Crippen molar-refractivity contribution < 1.29 is 9.90 Å². The second-order valence-electron chi connectivity index (χ2n) is 6.11. The van der Waals surface area contributed by atoms with Gasteiger partial charge in [-0.25, -0.2) is 0 Å². The molecule has 1 atom stereocenters. The Kier molecular flexibility index (Phi) is 4.99. The highest BCUT2D eigenvalue weighted by atomic mass is 16.3. The summed E-state index contributed by atoms with van der Waals surface area (Å²) in [7, 11) is 0. The molecule has 3 heteroatoms. The molecule has 1 unspecified atom stereocenters. The van der Waals surface area contributed by atoms with E-state index in [0.717, 1.165) is 11.1 Å². The smallest absolute Gasteiger partial charge is 0.252 e. The Balaban J connectivity index is 2.21. The molecule has 0 bridgehead atoms. The Morgan fingerprint density at radius 2 is 1.68 bits per heavy atom. The molecule has 0 aliphatic rings. The van der Waals surface area contributed by atoms with Crippen LogP contribution in [0.25, 0.3) is 11.1 Å². The van der Waals surface area contributed by atoms with Gasteiger partial charge >= 0.3 is 0 Å². The largest absolute Gasteiger partial charge is 0.388 e. The maximum absolute atomic E-state index is 12.5. The van der Waals surface area contributed by atoms with Crippen molar-refractivity contribution in [1.82, 2.24) is 5.32 Å². The lowest BCUT2D eigenvalue weighted by atomic mass is 9.92. The van der Waals surface area contributed by atoms with Gasteiger partial charge in [0.15, 0.2) is 0 Å². The van der Waals surface area contributed by atoms with E-state index in [2.05, 4.69) is 5.32 Å². The fraction of sp³-hybridized carbons (Fsp3) is 0.316. The van der Waals surface area contributed by atoms with Crippen LogP contribution in [0.1, 0.15) is 31.1 Å². The summed E-state index contributed by atoms with van der Waals surface area (Å²) in [6.07, 6.45) is 0. The molecule has 2 rings (SSSR count). The van der Waals surface area contributed by atoms with Crippen molar-refractivity contribution in [2.45, 2.75) is 26.4 Å². The molecule has 0 heterocycles. The van der Waals surface area contributed by atoms with Crippen LogP contribution in [0.3, 0.4) is 0 Å². The summed E-state index contributed by atoms with van der Waals surface area (Å²) in [5.74, 6) is -0.0995. The molecule has 0 aliphatic heterocycles. The third-order valence-electron chi connectivity index (χ3n) is 4.11. The van der Waals surface area contributed by atoms with Crippen LogP contribution in [0.5, 0.6) is 0 Å². The molecule has 3 nitrogen and oxygen atoms in total. The molecular formula is C19H23NO2. The molecule has 0 saturated carbocycles. The molecule has 0 aliphatic carbocycles. The van der Waals surface area contributed by atoms with Gasteiger partial charge in [-0.2, -0.15) is 0 Å². The number of carbonyl (C=O) groups is 1. The minimum atomic E-state index is -0.919. The molecule has 2 aromatic rings. The van der Waals surface area contributed by atoms with Gasteiger partial charge < -0.3 is 10.4 Å². The molecule has 0 aromatic heterocycles. The van der Waals surface area contributed by atoms with Gasteiger partial charge in [0.05, 0.1) is 5.60 Å². The second-order valence-corrected chi connectivity index (χ2v) is 6.11. The molecule has 0 saturated heterocycles. The SMILES string of the molecule is CC(C)C(C)(O)CNC(=O)c1ccccc1-c1ccccc1. The first-order chi connectivity index (χ1) is 10.4. The van der Waals surface area contributed by atoms with Crippen LogP contribution in [0, 0.1) is 5.92 Å². The van der Waals surface area contributed by atoms with E-state index >= 15 is 0 Å². The lowest BCUT2D eigenvalue weighted by Crippen LogP contribution is -2.44. The van der Waals surface area contributed by atoms with E-state index in [4.69, 9.17) is 0 Å². The molecule has 1 amide bonds. The molecular weight excluding hydrogens is 274 g/mol. The van der Waals surface area contributed by atoms with Crippen LogP contribution in [0.15, 0.2) is 54.6 Å². The van der Waals surface area contributed by atoms with Gasteiger partial charge in [0.25, 0.3) is 5.91 Å². The van der Waals surface area contributed by atoms with Gasteiger partial charge in [-0.3, -0.25) is 4.79 Å². The van der Waals surface area contributed by atoms with E-state index in [1.54, 1.807) is 6.92 Å². The number of aliphatic hydroxyl groups is 1. The average molecular weight is 297 g/mol. The normalized spacial score (nSPS) is 13.7. The summed E-state index contributed by atoms with van der Waals surface area (Å²) in [6.45, 7) is 5.84. The predicted octanol–water partition coefficient (Wildman–Crippen LogP) is 3.49. The molecule has 2 N–H and O–H groups in total. The first-order valence-corrected chi connectivity index (χ1v) is 7.57. The van der Waals surface area contributed by atoms with E-state index in [-0.39, 0.29) is 18.4 Å². The molecule has 0 fully saturated rings. The predicted molar refractivity (Wildman–Crippen MR) is 89.7 cm³/mol.